The quantitative estimate of drug-likeness (QED) is 0.710. The molecule has 3 aliphatic rings. The monoisotopic (exact) mass is 420 g/mol. The lowest BCUT2D eigenvalue weighted by Crippen LogP contribution is -2.54. The smallest absolute Gasteiger partial charge is 0.243 e. The van der Waals surface area contributed by atoms with Gasteiger partial charge in [0, 0.05) is 44.3 Å². The number of hydrogen-bond donors (Lipinski definition) is 0. The summed E-state index contributed by atoms with van der Waals surface area (Å²) in [6.07, 6.45) is 5.90. The first-order chi connectivity index (χ1) is 14.0. The lowest BCUT2D eigenvalue weighted by molar-refractivity contribution is -0.141. The van der Waals surface area contributed by atoms with Crippen LogP contribution in [0.2, 0.25) is 0 Å². The summed E-state index contributed by atoms with van der Waals surface area (Å²) >= 11 is 0. The third-order valence-corrected chi connectivity index (χ3v) is 8.55. The van der Waals surface area contributed by atoms with E-state index in [0.717, 1.165) is 31.2 Å². The summed E-state index contributed by atoms with van der Waals surface area (Å²) < 4.78 is 33.6. The van der Waals surface area contributed by atoms with Crippen LogP contribution in [-0.4, -0.2) is 61.9 Å². The Balaban J connectivity index is 1.47. The van der Waals surface area contributed by atoms with Crippen LogP contribution < -0.4 is 0 Å². The first-order valence-corrected chi connectivity index (χ1v) is 12.4. The van der Waals surface area contributed by atoms with Crippen LogP contribution in [0, 0.1) is 5.92 Å². The zero-order valence-electron chi connectivity index (χ0n) is 17.3. The third-order valence-electron chi connectivity index (χ3n) is 6.55. The van der Waals surface area contributed by atoms with E-state index in [9.17, 15) is 13.2 Å². The molecule has 6 nitrogen and oxygen atoms in total. The maximum Gasteiger partial charge on any atom is 0.243 e. The second-order valence-electron chi connectivity index (χ2n) is 8.46. The molecule has 7 heteroatoms. The van der Waals surface area contributed by atoms with E-state index in [4.69, 9.17) is 4.74 Å². The van der Waals surface area contributed by atoms with Gasteiger partial charge in [0.2, 0.25) is 15.9 Å². The summed E-state index contributed by atoms with van der Waals surface area (Å²) in [5.74, 6) is 0.477. The molecule has 0 unspecified atom stereocenters. The van der Waals surface area contributed by atoms with Crippen molar-refractivity contribution in [2.24, 2.45) is 5.92 Å². The number of carbonyl (C=O) groups excluding carboxylic acids is 1. The van der Waals surface area contributed by atoms with E-state index in [2.05, 4.69) is 4.90 Å². The minimum Gasteiger partial charge on any atom is -0.381 e. The van der Waals surface area contributed by atoms with Gasteiger partial charge in [-0.25, -0.2) is 8.42 Å². The van der Waals surface area contributed by atoms with Gasteiger partial charge in [-0.3, -0.25) is 4.79 Å². The normalized spacial score (nSPS) is 22.5. The molecule has 1 aromatic carbocycles. The molecule has 0 spiro atoms. The number of piperidine rings is 1. The Hall–Kier alpha value is -1.44. The maximum absolute atomic E-state index is 13.2. The number of hydrogen-bond acceptors (Lipinski definition) is 4. The van der Waals surface area contributed by atoms with Crippen LogP contribution in [0.25, 0.3) is 0 Å². The zero-order chi connectivity index (χ0) is 20.4. The molecule has 29 heavy (non-hydrogen) atoms. The summed E-state index contributed by atoms with van der Waals surface area (Å²) in [6.45, 7) is 4.35. The summed E-state index contributed by atoms with van der Waals surface area (Å²) in [5, 5.41) is 0. The minimum atomic E-state index is -3.49. The number of carbonyl (C=O) groups is 1. The molecule has 2 aliphatic heterocycles. The number of benzene rings is 1. The largest absolute Gasteiger partial charge is 0.381 e. The van der Waals surface area contributed by atoms with Crippen molar-refractivity contribution in [1.82, 2.24) is 9.21 Å². The molecular weight excluding hydrogens is 388 g/mol. The SMILES string of the molecule is CCc1ccccc1S(=O)(=O)N1CCC(N(C(=O)C2CC2)C2CCOCC2)CC1. The van der Waals surface area contributed by atoms with Crippen LogP contribution in [0.4, 0.5) is 0 Å². The molecule has 0 N–H and O–H groups in total. The Bertz CT molecular complexity index is 823. The van der Waals surface area contributed by atoms with E-state index in [1.165, 1.54) is 0 Å². The second-order valence-corrected chi connectivity index (χ2v) is 10.4. The van der Waals surface area contributed by atoms with E-state index < -0.39 is 10.0 Å². The first-order valence-electron chi connectivity index (χ1n) is 11.0. The second kappa shape index (κ2) is 8.74. The van der Waals surface area contributed by atoms with E-state index in [1.54, 1.807) is 16.4 Å². The molecule has 4 rings (SSSR count). The number of rotatable bonds is 6. The Morgan fingerprint density at radius 1 is 1.03 bits per heavy atom. The molecule has 0 aromatic heterocycles. The number of ether oxygens (including phenoxy) is 1. The molecule has 0 bridgehead atoms. The standard InChI is InChI=1S/C22H32N2O4S/c1-2-17-5-3-4-6-21(17)29(26,27)23-13-9-19(10-14-23)24(22(25)18-7-8-18)20-11-15-28-16-12-20/h3-6,18-20H,2,7-16H2,1H3. The highest BCUT2D eigenvalue weighted by molar-refractivity contribution is 7.89. The van der Waals surface area contributed by atoms with Gasteiger partial charge in [-0.05, 0) is 56.6 Å². The molecule has 0 atom stereocenters. The fourth-order valence-electron chi connectivity index (χ4n) is 4.71. The van der Waals surface area contributed by atoms with Crippen molar-refractivity contribution in [3.8, 4) is 0 Å². The van der Waals surface area contributed by atoms with Gasteiger partial charge in [-0.15, -0.1) is 0 Å². The maximum atomic E-state index is 13.2. The number of aryl methyl sites for hydroxylation is 1. The summed E-state index contributed by atoms with van der Waals surface area (Å²) in [5.41, 5.74) is 0.863. The molecule has 1 aromatic rings. The van der Waals surface area contributed by atoms with Crippen LogP contribution in [0.3, 0.4) is 0 Å². The van der Waals surface area contributed by atoms with Crippen molar-refractivity contribution in [3.63, 3.8) is 0 Å². The highest BCUT2D eigenvalue weighted by Crippen LogP contribution is 2.36. The Kier molecular flexibility index (Phi) is 6.27. The Labute approximate surface area is 174 Å². The van der Waals surface area contributed by atoms with Crippen LogP contribution in [0.15, 0.2) is 29.2 Å². The molecule has 1 amide bonds. The molecule has 2 saturated heterocycles. The van der Waals surface area contributed by atoms with Crippen LogP contribution in [0.1, 0.15) is 51.0 Å². The van der Waals surface area contributed by atoms with Crippen LogP contribution in [-0.2, 0) is 26.0 Å². The predicted molar refractivity (Wildman–Crippen MR) is 111 cm³/mol. The van der Waals surface area contributed by atoms with Gasteiger partial charge in [-0.1, -0.05) is 25.1 Å². The van der Waals surface area contributed by atoms with Crippen molar-refractivity contribution in [2.75, 3.05) is 26.3 Å². The topological polar surface area (TPSA) is 66.9 Å². The highest BCUT2D eigenvalue weighted by atomic mass is 32.2. The van der Waals surface area contributed by atoms with Gasteiger partial charge in [-0.2, -0.15) is 4.31 Å². The predicted octanol–water partition coefficient (Wildman–Crippen LogP) is 2.82. The van der Waals surface area contributed by atoms with Crippen molar-refractivity contribution < 1.29 is 17.9 Å². The van der Waals surface area contributed by atoms with Crippen molar-refractivity contribution in [2.45, 2.75) is 68.8 Å². The fourth-order valence-corrected chi connectivity index (χ4v) is 6.47. The molecule has 1 aliphatic carbocycles. The molecule has 2 heterocycles. The number of nitrogens with zero attached hydrogens (tertiary/aromatic N) is 2. The zero-order valence-corrected chi connectivity index (χ0v) is 18.1. The summed E-state index contributed by atoms with van der Waals surface area (Å²) in [6, 6.07) is 7.66. The van der Waals surface area contributed by atoms with Gasteiger partial charge < -0.3 is 9.64 Å². The Morgan fingerprint density at radius 2 is 1.66 bits per heavy atom. The van der Waals surface area contributed by atoms with Gasteiger partial charge in [0.15, 0.2) is 0 Å². The van der Waals surface area contributed by atoms with Gasteiger partial charge in [0.1, 0.15) is 0 Å². The Morgan fingerprint density at radius 3 is 2.28 bits per heavy atom. The van der Waals surface area contributed by atoms with Crippen LogP contribution in [0.5, 0.6) is 0 Å². The lowest BCUT2D eigenvalue weighted by Gasteiger charge is -2.43. The van der Waals surface area contributed by atoms with E-state index in [-0.39, 0.29) is 23.9 Å². The van der Waals surface area contributed by atoms with Gasteiger partial charge in [0.05, 0.1) is 4.90 Å². The molecule has 1 saturated carbocycles. The number of amides is 1. The van der Waals surface area contributed by atoms with Gasteiger partial charge in [0.25, 0.3) is 0 Å². The summed E-state index contributed by atoms with van der Waals surface area (Å²) in [4.78, 5) is 15.6. The van der Waals surface area contributed by atoms with Gasteiger partial charge >= 0.3 is 0 Å². The lowest BCUT2D eigenvalue weighted by atomic mass is 9.98. The van der Waals surface area contributed by atoms with Crippen molar-refractivity contribution >= 4 is 15.9 Å². The van der Waals surface area contributed by atoms with Crippen LogP contribution >= 0.6 is 0 Å². The highest BCUT2D eigenvalue weighted by Gasteiger charge is 2.42. The third kappa shape index (κ3) is 4.37. The van der Waals surface area contributed by atoms with E-state index >= 15 is 0 Å². The van der Waals surface area contributed by atoms with Crippen molar-refractivity contribution in [3.05, 3.63) is 29.8 Å². The molecule has 160 valence electrons. The summed E-state index contributed by atoms with van der Waals surface area (Å²) in [7, 11) is -3.49. The average molecular weight is 421 g/mol. The number of sulfonamides is 1. The molecule has 3 fully saturated rings. The molecular formula is C22H32N2O4S. The average Bonchev–Trinajstić information content (AvgIpc) is 3.60. The van der Waals surface area contributed by atoms with E-state index in [1.807, 2.05) is 19.1 Å². The van der Waals surface area contributed by atoms with E-state index in [0.29, 0.717) is 50.5 Å². The minimum absolute atomic E-state index is 0.138. The van der Waals surface area contributed by atoms with Crippen molar-refractivity contribution in [1.29, 1.82) is 0 Å². The first kappa shape index (κ1) is 20.8. The molecule has 0 radical (unpaired) electrons. The fraction of sp³-hybridized carbons (Fsp3) is 0.682.